The first kappa shape index (κ1) is 18.4. The van der Waals surface area contributed by atoms with Gasteiger partial charge in [0.05, 0.1) is 24.8 Å². The Bertz CT molecular complexity index is 941. The SMILES string of the molecule is C=C[C@@H]1C[C@@]2(C(=O)N(Cc3ccccc3)c3cc(OC)ccc32)[C@@H]2CCCCN12. The summed E-state index contributed by atoms with van der Waals surface area (Å²) in [5.74, 6) is 1.04. The number of piperidine rings is 1. The molecule has 3 atom stereocenters. The smallest absolute Gasteiger partial charge is 0.239 e. The summed E-state index contributed by atoms with van der Waals surface area (Å²) in [5, 5.41) is 0. The second-order valence-corrected chi connectivity index (χ2v) is 8.49. The van der Waals surface area contributed by atoms with Crippen LogP contribution in [0.2, 0.25) is 0 Å². The van der Waals surface area contributed by atoms with Crippen molar-refractivity contribution in [1.82, 2.24) is 4.90 Å². The zero-order chi connectivity index (χ0) is 20.0. The molecule has 0 aromatic heterocycles. The third kappa shape index (κ3) is 2.66. The lowest BCUT2D eigenvalue weighted by atomic mass is 9.72. The number of rotatable bonds is 4. The van der Waals surface area contributed by atoms with Gasteiger partial charge in [0.25, 0.3) is 0 Å². The molecule has 4 heteroatoms. The molecule has 0 bridgehead atoms. The van der Waals surface area contributed by atoms with Crippen molar-refractivity contribution in [3.05, 3.63) is 72.3 Å². The number of carbonyl (C=O) groups is 1. The third-order valence-electron chi connectivity index (χ3n) is 7.13. The zero-order valence-corrected chi connectivity index (χ0v) is 17.0. The van der Waals surface area contributed by atoms with Gasteiger partial charge in [-0.1, -0.05) is 48.9 Å². The van der Waals surface area contributed by atoms with Crippen LogP contribution in [-0.4, -0.2) is 36.5 Å². The molecule has 3 aliphatic heterocycles. The lowest BCUT2D eigenvalue weighted by Crippen LogP contribution is -2.51. The van der Waals surface area contributed by atoms with Gasteiger partial charge in [0.2, 0.25) is 5.91 Å². The Labute approximate surface area is 172 Å². The lowest BCUT2D eigenvalue weighted by Gasteiger charge is -2.38. The van der Waals surface area contributed by atoms with Gasteiger partial charge in [0.15, 0.2) is 0 Å². The van der Waals surface area contributed by atoms with E-state index < -0.39 is 5.41 Å². The molecule has 0 saturated carbocycles. The Morgan fingerprint density at radius 3 is 2.79 bits per heavy atom. The van der Waals surface area contributed by atoms with E-state index in [1.165, 1.54) is 18.4 Å². The second-order valence-electron chi connectivity index (χ2n) is 8.49. The van der Waals surface area contributed by atoms with E-state index in [-0.39, 0.29) is 18.0 Å². The fraction of sp³-hybridized carbons (Fsp3) is 0.400. The number of hydrogen-bond donors (Lipinski definition) is 0. The molecule has 3 heterocycles. The van der Waals surface area contributed by atoms with E-state index in [4.69, 9.17) is 4.74 Å². The van der Waals surface area contributed by atoms with Crippen LogP contribution in [-0.2, 0) is 16.8 Å². The Morgan fingerprint density at radius 1 is 1.21 bits per heavy atom. The number of fused-ring (bicyclic) bond motifs is 4. The number of hydrogen-bond acceptors (Lipinski definition) is 3. The summed E-state index contributed by atoms with van der Waals surface area (Å²) in [7, 11) is 1.68. The van der Waals surface area contributed by atoms with Crippen molar-refractivity contribution in [3.8, 4) is 5.75 Å². The molecule has 4 nitrogen and oxygen atoms in total. The number of anilines is 1. The van der Waals surface area contributed by atoms with Crippen molar-refractivity contribution in [2.75, 3.05) is 18.6 Å². The predicted molar refractivity (Wildman–Crippen MR) is 115 cm³/mol. The summed E-state index contributed by atoms with van der Waals surface area (Å²) in [6, 6.07) is 16.9. The van der Waals surface area contributed by atoms with Crippen LogP contribution in [0.5, 0.6) is 5.75 Å². The average Bonchev–Trinajstić information content (AvgIpc) is 3.23. The molecule has 0 N–H and O–H groups in total. The first-order valence-corrected chi connectivity index (χ1v) is 10.6. The molecule has 5 rings (SSSR count). The number of benzene rings is 2. The van der Waals surface area contributed by atoms with Crippen molar-refractivity contribution in [2.45, 2.75) is 49.7 Å². The molecule has 3 aliphatic rings. The molecule has 2 aromatic rings. The standard InChI is InChI=1S/C25H28N2O2/c1-3-19-16-25(23-11-7-8-14-26(19)23)21-13-12-20(29-2)15-22(21)27(24(25)28)17-18-9-5-4-6-10-18/h3-6,9-10,12-13,15,19,23H,1,7-8,11,14,16-17H2,2H3/t19-,23+,25+/m1/s1. The van der Waals surface area contributed by atoms with E-state index in [1.54, 1.807) is 7.11 Å². The largest absolute Gasteiger partial charge is 0.497 e. The summed E-state index contributed by atoms with van der Waals surface area (Å²) in [6.07, 6.45) is 6.33. The van der Waals surface area contributed by atoms with Crippen LogP contribution in [0.1, 0.15) is 36.8 Å². The molecule has 29 heavy (non-hydrogen) atoms. The van der Waals surface area contributed by atoms with E-state index in [9.17, 15) is 4.79 Å². The van der Waals surface area contributed by atoms with Crippen molar-refractivity contribution in [3.63, 3.8) is 0 Å². The van der Waals surface area contributed by atoms with Gasteiger partial charge in [0.1, 0.15) is 5.75 Å². The number of ether oxygens (including phenoxy) is 1. The maximum Gasteiger partial charge on any atom is 0.239 e. The van der Waals surface area contributed by atoms with E-state index in [0.717, 1.165) is 36.4 Å². The molecule has 0 aliphatic carbocycles. The minimum Gasteiger partial charge on any atom is -0.497 e. The van der Waals surface area contributed by atoms with Gasteiger partial charge >= 0.3 is 0 Å². The minimum absolute atomic E-state index is 0.242. The number of nitrogens with zero attached hydrogens (tertiary/aromatic N) is 2. The van der Waals surface area contributed by atoms with E-state index in [2.05, 4.69) is 29.7 Å². The average molecular weight is 389 g/mol. The third-order valence-corrected chi connectivity index (χ3v) is 7.13. The highest BCUT2D eigenvalue weighted by molar-refractivity contribution is 6.09. The Balaban J connectivity index is 1.64. The normalized spacial score (nSPS) is 28.4. The fourth-order valence-corrected chi connectivity index (χ4v) is 5.83. The van der Waals surface area contributed by atoms with Crippen molar-refractivity contribution in [1.29, 1.82) is 0 Å². The Morgan fingerprint density at radius 2 is 2.03 bits per heavy atom. The first-order valence-electron chi connectivity index (χ1n) is 10.6. The van der Waals surface area contributed by atoms with E-state index >= 15 is 0 Å². The van der Waals surface area contributed by atoms with Crippen LogP contribution in [0, 0.1) is 0 Å². The number of methoxy groups -OCH3 is 1. The molecule has 0 unspecified atom stereocenters. The molecule has 0 radical (unpaired) electrons. The maximum atomic E-state index is 14.1. The molecule has 1 spiro atoms. The highest BCUT2D eigenvalue weighted by Gasteiger charge is 2.62. The van der Waals surface area contributed by atoms with E-state index in [1.807, 2.05) is 41.3 Å². The highest BCUT2D eigenvalue weighted by atomic mass is 16.5. The summed E-state index contributed by atoms with van der Waals surface area (Å²) >= 11 is 0. The number of carbonyl (C=O) groups excluding carboxylic acids is 1. The summed E-state index contributed by atoms with van der Waals surface area (Å²) in [6.45, 7) is 5.74. The van der Waals surface area contributed by atoms with Crippen LogP contribution < -0.4 is 9.64 Å². The Hall–Kier alpha value is -2.59. The quantitative estimate of drug-likeness (QED) is 0.733. The first-order chi connectivity index (χ1) is 14.2. The van der Waals surface area contributed by atoms with Crippen molar-refractivity contribution >= 4 is 11.6 Å². The van der Waals surface area contributed by atoms with Gasteiger partial charge in [-0.15, -0.1) is 6.58 Å². The van der Waals surface area contributed by atoms with Crippen molar-refractivity contribution < 1.29 is 9.53 Å². The second kappa shape index (κ2) is 7.03. The van der Waals surface area contributed by atoms with Crippen LogP contribution in [0.15, 0.2) is 61.2 Å². The molecule has 2 aromatic carbocycles. The van der Waals surface area contributed by atoms with Gasteiger partial charge in [0, 0.05) is 18.2 Å². The lowest BCUT2D eigenvalue weighted by molar-refractivity contribution is -0.124. The number of amides is 1. The predicted octanol–water partition coefficient (Wildman–Crippen LogP) is 4.29. The van der Waals surface area contributed by atoms with Gasteiger partial charge in [-0.25, -0.2) is 0 Å². The van der Waals surface area contributed by atoms with Crippen LogP contribution >= 0.6 is 0 Å². The molecule has 150 valence electrons. The van der Waals surface area contributed by atoms with Gasteiger partial charge < -0.3 is 9.64 Å². The van der Waals surface area contributed by atoms with Crippen LogP contribution in [0.4, 0.5) is 5.69 Å². The minimum atomic E-state index is -0.477. The highest BCUT2D eigenvalue weighted by Crippen LogP contribution is 2.55. The van der Waals surface area contributed by atoms with Crippen molar-refractivity contribution in [2.24, 2.45) is 0 Å². The van der Waals surface area contributed by atoms with Crippen LogP contribution in [0.3, 0.4) is 0 Å². The maximum absolute atomic E-state index is 14.1. The molecular weight excluding hydrogens is 360 g/mol. The van der Waals surface area contributed by atoms with Crippen LogP contribution in [0.25, 0.3) is 0 Å². The molecule has 2 saturated heterocycles. The van der Waals surface area contributed by atoms with Gasteiger partial charge in [-0.05, 0) is 43.0 Å². The van der Waals surface area contributed by atoms with E-state index in [0.29, 0.717) is 6.54 Å². The molecule has 2 fully saturated rings. The summed E-state index contributed by atoms with van der Waals surface area (Å²) in [4.78, 5) is 18.7. The monoisotopic (exact) mass is 388 g/mol. The fourth-order valence-electron chi connectivity index (χ4n) is 5.83. The molecular formula is C25H28N2O2. The molecule has 1 amide bonds. The zero-order valence-electron chi connectivity index (χ0n) is 17.0. The van der Waals surface area contributed by atoms with Gasteiger partial charge in [-0.3, -0.25) is 9.69 Å². The van der Waals surface area contributed by atoms with Gasteiger partial charge in [-0.2, -0.15) is 0 Å². The Kier molecular flexibility index (Phi) is 4.47. The summed E-state index contributed by atoms with van der Waals surface area (Å²) in [5.41, 5.74) is 2.84. The topological polar surface area (TPSA) is 32.8 Å². The summed E-state index contributed by atoms with van der Waals surface area (Å²) < 4.78 is 5.51.